The summed E-state index contributed by atoms with van der Waals surface area (Å²) in [4.78, 5) is 14.3. The van der Waals surface area contributed by atoms with Crippen molar-refractivity contribution >= 4 is 19.6 Å². The van der Waals surface area contributed by atoms with E-state index in [0.717, 1.165) is 5.56 Å². The number of hydrogen-bond acceptors (Lipinski definition) is 5. The van der Waals surface area contributed by atoms with Crippen LogP contribution in [0.5, 0.6) is 5.75 Å². The monoisotopic (exact) mass is 417 g/mol. The van der Waals surface area contributed by atoms with E-state index in [9.17, 15) is 9.36 Å². The molecule has 0 aromatic heterocycles. The predicted octanol–water partition coefficient (Wildman–Crippen LogP) is 5.13. The summed E-state index contributed by atoms with van der Waals surface area (Å²) < 4.78 is 29.9. The minimum Gasteiger partial charge on any atom is -0.497 e. The van der Waals surface area contributed by atoms with Crippen LogP contribution in [-0.2, 0) is 18.4 Å². The van der Waals surface area contributed by atoms with E-state index in [2.05, 4.69) is 0 Å². The summed E-state index contributed by atoms with van der Waals surface area (Å²) in [6, 6.07) is 16.5. The number of amides is 1. The van der Waals surface area contributed by atoms with Crippen LogP contribution in [0.2, 0.25) is 0 Å². The lowest BCUT2D eigenvalue weighted by Gasteiger charge is -2.33. The van der Waals surface area contributed by atoms with Crippen molar-refractivity contribution in [3.63, 3.8) is 0 Å². The first-order valence-electron chi connectivity index (χ1n) is 9.47. The molecule has 29 heavy (non-hydrogen) atoms. The first kappa shape index (κ1) is 22.9. The highest BCUT2D eigenvalue weighted by atomic mass is 31.2. The maximum Gasteiger partial charge on any atom is 0.357 e. The highest BCUT2D eigenvalue weighted by Gasteiger charge is 2.41. The van der Waals surface area contributed by atoms with Gasteiger partial charge in [0.05, 0.1) is 20.3 Å². The summed E-state index contributed by atoms with van der Waals surface area (Å²) in [5.41, 5.74) is 1.54. The highest BCUT2D eigenvalue weighted by molar-refractivity contribution is 7.54. The van der Waals surface area contributed by atoms with Gasteiger partial charge in [-0.25, -0.2) is 0 Å². The molecule has 0 N–H and O–H groups in total. The molecule has 1 amide bonds. The molecule has 2 rings (SSSR count). The second kappa shape index (κ2) is 11.0. The molecule has 7 heteroatoms. The van der Waals surface area contributed by atoms with Crippen molar-refractivity contribution in [1.29, 1.82) is 0 Å². The van der Waals surface area contributed by atoms with Gasteiger partial charge < -0.3 is 18.7 Å². The molecular formula is C22H28NO5P. The number of carbonyl (C=O) groups excluding carboxylic acids is 1. The Bertz CT molecular complexity index is 841. The molecule has 0 saturated heterocycles. The van der Waals surface area contributed by atoms with Crippen molar-refractivity contribution in [2.24, 2.45) is 0 Å². The zero-order valence-corrected chi connectivity index (χ0v) is 18.2. The third-order valence-corrected chi connectivity index (χ3v) is 6.74. The van der Waals surface area contributed by atoms with Crippen molar-refractivity contribution in [1.82, 2.24) is 4.90 Å². The molecule has 0 fully saturated rings. The molecule has 0 aliphatic carbocycles. The van der Waals surface area contributed by atoms with Gasteiger partial charge in [0.25, 0.3) is 0 Å². The summed E-state index contributed by atoms with van der Waals surface area (Å²) in [5, 5.41) is 0. The van der Waals surface area contributed by atoms with Crippen LogP contribution in [-0.4, -0.2) is 38.2 Å². The maximum absolute atomic E-state index is 13.6. The Labute approximate surface area is 172 Å². The van der Waals surface area contributed by atoms with E-state index in [1.165, 1.54) is 11.0 Å². The molecular weight excluding hydrogens is 389 g/mol. The molecule has 0 spiro atoms. The summed E-state index contributed by atoms with van der Waals surface area (Å²) in [6.45, 7) is 3.89. The molecule has 0 radical (unpaired) electrons. The van der Waals surface area contributed by atoms with Gasteiger partial charge >= 0.3 is 7.60 Å². The average molecular weight is 417 g/mol. The predicted molar refractivity (Wildman–Crippen MR) is 115 cm³/mol. The molecule has 0 aliphatic rings. The van der Waals surface area contributed by atoms with Gasteiger partial charge in [0.2, 0.25) is 5.91 Å². The molecule has 0 bridgehead atoms. The lowest BCUT2D eigenvalue weighted by Crippen LogP contribution is -2.31. The van der Waals surface area contributed by atoms with Crippen LogP contribution in [0.1, 0.15) is 30.8 Å². The normalized spacial score (nSPS) is 12.7. The van der Waals surface area contributed by atoms with Crippen molar-refractivity contribution in [2.75, 3.05) is 27.4 Å². The van der Waals surface area contributed by atoms with Crippen molar-refractivity contribution in [3.8, 4) is 5.75 Å². The van der Waals surface area contributed by atoms with Crippen LogP contribution in [0.25, 0.3) is 6.08 Å². The van der Waals surface area contributed by atoms with Crippen LogP contribution in [0.15, 0.2) is 60.7 Å². The molecule has 2 aromatic rings. The SMILES string of the molecule is CCOP(=O)(OCC)C(c1ccc(OC)cc1)N(C)C(=O)C=Cc1ccccc1. The molecule has 0 saturated carbocycles. The van der Waals surface area contributed by atoms with E-state index < -0.39 is 13.4 Å². The number of ether oxygens (including phenoxy) is 1. The smallest absolute Gasteiger partial charge is 0.357 e. The lowest BCUT2D eigenvalue weighted by atomic mass is 10.2. The standard InChI is InChI=1S/C22H28NO5P/c1-5-27-29(25,28-6-2)22(19-13-15-20(26-4)16-14-19)23(3)21(24)17-12-18-10-8-7-9-11-18/h7-17,22H,5-6H2,1-4H3. The number of rotatable bonds is 10. The topological polar surface area (TPSA) is 65.1 Å². The van der Waals surface area contributed by atoms with Crippen molar-refractivity contribution in [3.05, 3.63) is 71.8 Å². The van der Waals surface area contributed by atoms with Gasteiger partial charge in [-0.05, 0) is 43.2 Å². The van der Waals surface area contributed by atoms with Gasteiger partial charge in [0, 0.05) is 13.1 Å². The maximum atomic E-state index is 13.6. The minimum atomic E-state index is -3.65. The largest absolute Gasteiger partial charge is 0.497 e. The van der Waals surface area contributed by atoms with Crippen molar-refractivity contribution in [2.45, 2.75) is 19.6 Å². The minimum absolute atomic E-state index is 0.200. The molecule has 1 unspecified atom stereocenters. The lowest BCUT2D eigenvalue weighted by molar-refractivity contribution is -0.125. The zero-order chi connectivity index (χ0) is 21.3. The second-order valence-electron chi connectivity index (χ2n) is 6.22. The van der Waals surface area contributed by atoms with Crippen LogP contribution < -0.4 is 4.74 Å². The number of carbonyl (C=O) groups is 1. The van der Waals surface area contributed by atoms with E-state index in [0.29, 0.717) is 11.3 Å². The first-order valence-corrected chi connectivity index (χ1v) is 11.1. The van der Waals surface area contributed by atoms with Crippen LogP contribution in [0, 0.1) is 0 Å². The highest BCUT2D eigenvalue weighted by Crippen LogP contribution is 2.62. The van der Waals surface area contributed by atoms with Crippen LogP contribution in [0.4, 0.5) is 0 Å². The molecule has 156 valence electrons. The average Bonchev–Trinajstić information content (AvgIpc) is 2.73. The van der Waals surface area contributed by atoms with Crippen molar-refractivity contribution < 1.29 is 23.1 Å². The summed E-state index contributed by atoms with van der Waals surface area (Å²) in [5.74, 6) is -0.538. The number of methoxy groups -OCH3 is 1. The zero-order valence-electron chi connectivity index (χ0n) is 17.3. The fourth-order valence-electron chi connectivity index (χ4n) is 2.90. The van der Waals surface area contributed by atoms with Gasteiger partial charge in [-0.3, -0.25) is 9.36 Å². The van der Waals surface area contributed by atoms with E-state index in [1.807, 2.05) is 30.3 Å². The summed E-state index contributed by atoms with van der Waals surface area (Å²) >= 11 is 0. The van der Waals surface area contributed by atoms with Gasteiger partial charge in [-0.1, -0.05) is 42.5 Å². The van der Waals surface area contributed by atoms with Crippen LogP contribution >= 0.6 is 7.60 Å². The Hall–Kier alpha value is -2.40. The fraction of sp³-hybridized carbons (Fsp3) is 0.318. The van der Waals surface area contributed by atoms with E-state index in [4.69, 9.17) is 13.8 Å². The van der Waals surface area contributed by atoms with Gasteiger partial charge in [-0.15, -0.1) is 0 Å². The number of hydrogen-bond donors (Lipinski definition) is 0. The molecule has 1 atom stereocenters. The fourth-order valence-corrected chi connectivity index (χ4v) is 5.05. The Morgan fingerprint density at radius 3 is 2.14 bits per heavy atom. The Morgan fingerprint density at radius 2 is 1.62 bits per heavy atom. The van der Waals surface area contributed by atoms with Crippen LogP contribution in [0.3, 0.4) is 0 Å². The van der Waals surface area contributed by atoms with Gasteiger partial charge in [0.1, 0.15) is 5.75 Å². The third kappa shape index (κ3) is 6.04. The third-order valence-electron chi connectivity index (χ3n) is 4.26. The molecule has 2 aromatic carbocycles. The van der Waals surface area contributed by atoms with E-state index in [-0.39, 0.29) is 19.1 Å². The van der Waals surface area contributed by atoms with E-state index >= 15 is 0 Å². The molecule has 0 aliphatic heterocycles. The number of benzene rings is 2. The number of likely N-dealkylation sites (N-methyl/N-ethyl adjacent to an activating group) is 1. The Kier molecular flexibility index (Phi) is 8.65. The molecule has 0 heterocycles. The Balaban J connectivity index is 2.40. The Morgan fingerprint density at radius 1 is 1.03 bits per heavy atom. The second-order valence-corrected chi connectivity index (χ2v) is 8.30. The van der Waals surface area contributed by atoms with Gasteiger partial charge in [-0.2, -0.15) is 0 Å². The number of nitrogens with zero attached hydrogens (tertiary/aromatic N) is 1. The summed E-state index contributed by atoms with van der Waals surface area (Å²) in [6.07, 6.45) is 3.17. The summed E-state index contributed by atoms with van der Waals surface area (Å²) in [7, 11) is -0.484. The van der Waals surface area contributed by atoms with Gasteiger partial charge in [0.15, 0.2) is 5.78 Å². The quantitative estimate of drug-likeness (QED) is 0.396. The van der Waals surface area contributed by atoms with E-state index in [1.54, 1.807) is 58.3 Å². The molecule has 6 nitrogen and oxygen atoms in total. The first-order chi connectivity index (χ1) is 13.9.